The fourth-order valence-electron chi connectivity index (χ4n) is 1.81. The summed E-state index contributed by atoms with van der Waals surface area (Å²) in [6.45, 7) is 2.55. The Balaban J connectivity index is 1.93. The molecule has 2 aromatic rings. The van der Waals surface area contributed by atoms with Crippen LogP contribution in [0.4, 0.5) is 0 Å². The third-order valence-electron chi connectivity index (χ3n) is 2.98. The summed E-state index contributed by atoms with van der Waals surface area (Å²) in [6, 6.07) is 12.9. The minimum Gasteiger partial charge on any atom is -0.477 e. The van der Waals surface area contributed by atoms with E-state index in [-0.39, 0.29) is 16.7 Å². The van der Waals surface area contributed by atoms with Crippen molar-refractivity contribution in [3.05, 3.63) is 57.8 Å². The number of hydrogen-bond acceptors (Lipinski definition) is 3. The van der Waals surface area contributed by atoms with Gasteiger partial charge in [-0.15, -0.1) is 11.3 Å². The number of nitrogens with one attached hydrogen (secondary N) is 1. The van der Waals surface area contributed by atoms with E-state index in [0.717, 1.165) is 16.9 Å². The maximum atomic E-state index is 11.9. The van der Waals surface area contributed by atoms with Crippen molar-refractivity contribution in [1.29, 1.82) is 0 Å². The summed E-state index contributed by atoms with van der Waals surface area (Å²) in [6.07, 6.45) is 0. The lowest BCUT2D eigenvalue weighted by molar-refractivity contribution is 0.0702. The quantitative estimate of drug-likeness (QED) is 0.889. The fraction of sp³-hybridized carbons (Fsp3) is 0.200. The average Bonchev–Trinajstić information content (AvgIpc) is 2.95. The van der Waals surface area contributed by atoms with Gasteiger partial charge in [0, 0.05) is 6.54 Å². The van der Waals surface area contributed by atoms with Gasteiger partial charge in [0.1, 0.15) is 4.88 Å². The molecule has 0 radical (unpaired) electrons. The molecule has 20 heavy (non-hydrogen) atoms. The van der Waals surface area contributed by atoms with Crippen LogP contribution in [-0.2, 0) is 0 Å². The standard InChI is InChI=1S/C15H15NO3S/c1-10(11-5-3-2-4-6-11)9-16-14(17)12-7-8-13(20-12)15(18)19/h2-8,10H,9H2,1H3,(H,16,17)(H,18,19). The molecule has 0 saturated heterocycles. The minimum atomic E-state index is -1.01. The number of hydrogen-bond donors (Lipinski definition) is 2. The van der Waals surface area contributed by atoms with Crippen LogP contribution in [0.3, 0.4) is 0 Å². The lowest BCUT2D eigenvalue weighted by atomic mass is 10.0. The second-order valence-electron chi connectivity index (χ2n) is 4.49. The summed E-state index contributed by atoms with van der Waals surface area (Å²) < 4.78 is 0. The van der Waals surface area contributed by atoms with Crippen molar-refractivity contribution in [1.82, 2.24) is 5.32 Å². The van der Waals surface area contributed by atoms with Gasteiger partial charge in [-0.25, -0.2) is 4.79 Å². The Labute approximate surface area is 121 Å². The number of carboxylic acid groups (broad SMARTS) is 1. The SMILES string of the molecule is CC(CNC(=O)c1ccc(C(=O)O)s1)c1ccccc1. The molecular formula is C15H15NO3S. The highest BCUT2D eigenvalue weighted by atomic mass is 32.1. The monoisotopic (exact) mass is 289 g/mol. The van der Waals surface area contributed by atoms with E-state index < -0.39 is 5.97 Å². The van der Waals surface area contributed by atoms with Crippen LogP contribution in [0.25, 0.3) is 0 Å². The average molecular weight is 289 g/mol. The number of benzene rings is 1. The van der Waals surface area contributed by atoms with Crippen LogP contribution in [0.15, 0.2) is 42.5 Å². The first-order valence-electron chi connectivity index (χ1n) is 6.24. The van der Waals surface area contributed by atoms with Crippen molar-refractivity contribution in [3.8, 4) is 0 Å². The zero-order chi connectivity index (χ0) is 14.5. The molecular weight excluding hydrogens is 274 g/mol. The number of aromatic carboxylic acids is 1. The molecule has 0 aliphatic carbocycles. The normalized spacial score (nSPS) is 11.8. The van der Waals surface area contributed by atoms with Crippen LogP contribution >= 0.6 is 11.3 Å². The highest BCUT2D eigenvalue weighted by molar-refractivity contribution is 7.15. The van der Waals surface area contributed by atoms with Crippen molar-refractivity contribution in [2.75, 3.05) is 6.54 Å². The molecule has 0 fully saturated rings. The van der Waals surface area contributed by atoms with Gasteiger partial charge in [-0.1, -0.05) is 37.3 Å². The molecule has 1 amide bonds. The van der Waals surface area contributed by atoms with Crippen molar-refractivity contribution in [3.63, 3.8) is 0 Å². The van der Waals surface area contributed by atoms with Crippen LogP contribution in [-0.4, -0.2) is 23.5 Å². The van der Waals surface area contributed by atoms with E-state index in [1.54, 1.807) is 0 Å². The summed E-state index contributed by atoms with van der Waals surface area (Å²) in [7, 11) is 0. The molecule has 2 rings (SSSR count). The first kappa shape index (κ1) is 14.3. The summed E-state index contributed by atoms with van der Waals surface area (Å²) in [5, 5.41) is 11.7. The van der Waals surface area contributed by atoms with Crippen molar-refractivity contribution in [2.24, 2.45) is 0 Å². The van der Waals surface area contributed by atoms with E-state index in [1.165, 1.54) is 12.1 Å². The van der Waals surface area contributed by atoms with Crippen LogP contribution in [0.5, 0.6) is 0 Å². The van der Waals surface area contributed by atoms with Gasteiger partial charge in [0.25, 0.3) is 5.91 Å². The van der Waals surface area contributed by atoms with E-state index in [0.29, 0.717) is 11.4 Å². The van der Waals surface area contributed by atoms with Crippen LogP contribution in [0, 0.1) is 0 Å². The van der Waals surface area contributed by atoms with Crippen LogP contribution < -0.4 is 5.32 Å². The molecule has 1 heterocycles. The highest BCUT2D eigenvalue weighted by Gasteiger charge is 2.13. The molecule has 0 spiro atoms. The maximum absolute atomic E-state index is 11.9. The van der Waals surface area contributed by atoms with Crippen molar-refractivity contribution in [2.45, 2.75) is 12.8 Å². The number of carbonyl (C=O) groups is 2. The van der Waals surface area contributed by atoms with E-state index in [9.17, 15) is 9.59 Å². The van der Waals surface area contributed by atoms with Gasteiger partial charge in [0.05, 0.1) is 4.88 Å². The van der Waals surface area contributed by atoms with E-state index in [4.69, 9.17) is 5.11 Å². The number of rotatable bonds is 5. The summed E-state index contributed by atoms with van der Waals surface area (Å²) >= 11 is 0.985. The molecule has 0 bridgehead atoms. The van der Waals surface area contributed by atoms with E-state index in [2.05, 4.69) is 5.32 Å². The van der Waals surface area contributed by atoms with Gasteiger partial charge in [-0.2, -0.15) is 0 Å². The molecule has 1 aromatic carbocycles. The first-order chi connectivity index (χ1) is 9.58. The molecule has 1 unspecified atom stereocenters. The topological polar surface area (TPSA) is 66.4 Å². The Morgan fingerprint density at radius 2 is 1.80 bits per heavy atom. The number of thiophene rings is 1. The van der Waals surface area contributed by atoms with E-state index >= 15 is 0 Å². The van der Waals surface area contributed by atoms with Gasteiger partial charge >= 0.3 is 5.97 Å². The molecule has 5 heteroatoms. The highest BCUT2D eigenvalue weighted by Crippen LogP contribution is 2.17. The Hall–Kier alpha value is -2.14. The van der Waals surface area contributed by atoms with E-state index in [1.807, 2.05) is 37.3 Å². The minimum absolute atomic E-state index is 0.172. The Kier molecular flexibility index (Phi) is 4.53. The smallest absolute Gasteiger partial charge is 0.345 e. The zero-order valence-electron chi connectivity index (χ0n) is 11.0. The molecule has 1 atom stereocenters. The lowest BCUT2D eigenvalue weighted by Crippen LogP contribution is -2.26. The van der Waals surface area contributed by atoms with Gasteiger partial charge < -0.3 is 10.4 Å². The zero-order valence-corrected chi connectivity index (χ0v) is 11.8. The van der Waals surface area contributed by atoms with Gasteiger partial charge in [-0.05, 0) is 23.6 Å². The van der Waals surface area contributed by atoms with Crippen LogP contribution in [0.2, 0.25) is 0 Å². The fourth-order valence-corrected chi connectivity index (χ4v) is 2.57. The number of amides is 1. The largest absolute Gasteiger partial charge is 0.477 e. The Morgan fingerprint density at radius 3 is 2.40 bits per heavy atom. The van der Waals surface area contributed by atoms with Crippen molar-refractivity contribution < 1.29 is 14.7 Å². The predicted octanol–water partition coefficient (Wildman–Crippen LogP) is 2.98. The molecule has 0 aliphatic rings. The predicted molar refractivity (Wildman–Crippen MR) is 78.5 cm³/mol. The third-order valence-corrected chi connectivity index (χ3v) is 4.05. The maximum Gasteiger partial charge on any atom is 0.345 e. The molecule has 104 valence electrons. The number of carbonyl (C=O) groups excluding carboxylic acids is 1. The Morgan fingerprint density at radius 1 is 1.15 bits per heavy atom. The summed E-state index contributed by atoms with van der Waals surface area (Å²) in [4.78, 5) is 23.3. The molecule has 4 nitrogen and oxygen atoms in total. The summed E-state index contributed by atoms with van der Waals surface area (Å²) in [5.74, 6) is -1.03. The third kappa shape index (κ3) is 3.45. The van der Waals surface area contributed by atoms with Crippen molar-refractivity contribution >= 4 is 23.2 Å². The lowest BCUT2D eigenvalue weighted by Gasteiger charge is -2.12. The van der Waals surface area contributed by atoms with Gasteiger partial charge in [0.15, 0.2) is 0 Å². The summed E-state index contributed by atoms with van der Waals surface area (Å²) in [5.41, 5.74) is 1.16. The van der Waals surface area contributed by atoms with Gasteiger partial charge in [-0.3, -0.25) is 4.79 Å². The molecule has 1 aromatic heterocycles. The molecule has 0 saturated carbocycles. The molecule has 0 aliphatic heterocycles. The molecule has 2 N–H and O–H groups in total. The van der Waals surface area contributed by atoms with Gasteiger partial charge in [0.2, 0.25) is 0 Å². The second kappa shape index (κ2) is 6.34. The first-order valence-corrected chi connectivity index (χ1v) is 7.06. The number of carboxylic acids is 1. The van der Waals surface area contributed by atoms with Crippen LogP contribution in [0.1, 0.15) is 37.7 Å². The Bertz CT molecular complexity index is 607. The second-order valence-corrected chi connectivity index (χ2v) is 5.57.